The van der Waals surface area contributed by atoms with Crippen LogP contribution in [0.15, 0.2) is 11.2 Å². The largest absolute Gasteiger partial charge is 0.379 e. The number of hydrogen-bond acceptors (Lipinski definition) is 6. The van der Waals surface area contributed by atoms with Gasteiger partial charge in [0.15, 0.2) is 5.16 Å². The lowest BCUT2D eigenvalue weighted by Crippen LogP contribution is -2.09. The fraction of sp³-hybridized carbons (Fsp3) is 0.714. The van der Waals surface area contributed by atoms with Gasteiger partial charge in [0.05, 0.1) is 6.10 Å². The van der Waals surface area contributed by atoms with E-state index in [9.17, 15) is 0 Å². The van der Waals surface area contributed by atoms with Crippen LogP contribution in [0.25, 0.3) is 0 Å². The summed E-state index contributed by atoms with van der Waals surface area (Å²) in [7, 11) is 0. The Balaban J connectivity index is 2.36. The molecular weight excluding hydrogens is 272 g/mol. The first-order valence-electron chi connectivity index (χ1n) is 7.18. The van der Waals surface area contributed by atoms with Gasteiger partial charge in [-0.05, 0) is 39.9 Å². The fourth-order valence-corrected chi connectivity index (χ4v) is 2.02. The van der Waals surface area contributed by atoms with Gasteiger partial charge < -0.3 is 15.4 Å². The van der Waals surface area contributed by atoms with Crippen LogP contribution in [-0.2, 0) is 4.74 Å². The van der Waals surface area contributed by atoms with E-state index in [-0.39, 0.29) is 0 Å². The van der Waals surface area contributed by atoms with Crippen LogP contribution in [0.2, 0.25) is 0 Å². The predicted molar refractivity (Wildman–Crippen MR) is 86.8 cm³/mol. The maximum atomic E-state index is 5.51. The molecule has 114 valence electrons. The number of hydrogen-bond donors (Lipinski definition) is 2. The summed E-state index contributed by atoms with van der Waals surface area (Å²) in [6.45, 7) is 8.76. The van der Waals surface area contributed by atoms with Crippen LogP contribution < -0.4 is 10.6 Å². The molecule has 1 aromatic heterocycles. The van der Waals surface area contributed by atoms with Crippen LogP contribution in [0, 0.1) is 0 Å². The Morgan fingerprint density at radius 1 is 1.20 bits per heavy atom. The van der Waals surface area contributed by atoms with Crippen molar-refractivity contribution in [3.63, 3.8) is 0 Å². The van der Waals surface area contributed by atoms with Crippen molar-refractivity contribution in [2.45, 2.75) is 44.9 Å². The monoisotopic (exact) mass is 298 g/mol. The van der Waals surface area contributed by atoms with Crippen LogP contribution in [0.5, 0.6) is 0 Å². The van der Waals surface area contributed by atoms with Crippen molar-refractivity contribution in [2.75, 3.05) is 36.6 Å². The SMILES string of the molecule is CCNc1cc(NCCCCOC(C)C)nc(SC)n1. The van der Waals surface area contributed by atoms with Crippen LogP contribution in [-0.4, -0.2) is 42.0 Å². The van der Waals surface area contributed by atoms with Gasteiger partial charge in [0, 0.05) is 25.8 Å². The third-order valence-electron chi connectivity index (χ3n) is 2.57. The molecule has 1 heterocycles. The van der Waals surface area contributed by atoms with Gasteiger partial charge in [-0.2, -0.15) is 0 Å². The number of rotatable bonds is 10. The summed E-state index contributed by atoms with van der Waals surface area (Å²) in [5.74, 6) is 1.75. The summed E-state index contributed by atoms with van der Waals surface area (Å²) in [6.07, 6.45) is 4.43. The molecule has 0 aliphatic rings. The first kappa shape index (κ1) is 17.0. The second-order valence-corrected chi connectivity index (χ2v) is 5.48. The number of nitrogens with zero attached hydrogens (tertiary/aromatic N) is 2. The van der Waals surface area contributed by atoms with Gasteiger partial charge in [-0.3, -0.25) is 0 Å². The lowest BCUT2D eigenvalue weighted by molar-refractivity contribution is 0.0765. The molecule has 0 saturated heterocycles. The summed E-state index contributed by atoms with van der Waals surface area (Å²) in [5.41, 5.74) is 0. The molecule has 0 amide bonds. The number of aromatic nitrogens is 2. The lowest BCUT2D eigenvalue weighted by atomic mass is 10.3. The van der Waals surface area contributed by atoms with E-state index < -0.39 is 0 Å². The van der Waals surface area contributed by atoms with Gasteiger partial charge in [0.1, 0.15) is 11.6 Å². The Labute approximate surface area is 126 Å². The molecule has 0 spiro atoms. The van der Waals surface area contributed by atoms with E-state index in [0.29, 0.717) is 6.10 Å². The first-order chi connectivity index (χ1) is 9.65. The van der Waals surface area contributed by atoms with Gasteiger partial charge in [-0.1, -0.05) is 11.8 Å². The summed E-state index contributed by atoms with van der Waals surface area (Å²) < 4.78 is 5.51. The molecule has 1 rings (SSSR count). The fourth-order valence-electron chi connectivity index (χ4n) is 1.64. The molecule has 2 N–H and O–H groups in total. The Morgan fingerprint density at radius 3 is 2.50 bits per heavy atom. The third kappa shape index (κ3) is 6.96. The Kier molecular flexibility index (Phi) is 8.37. The predicted octanol–water partition coefficient (Wildman–Crippen LogP) is 3.25. The second kappa shape index (κ2) is 9.83. The average Bonchev–Trinajstić information content (AvgIpc) is 2.42. The normalized spacial score (nSPS) is 10.8. The smallest absolute Gasteiger partial charge is 0.191 e. The molecule has 0 saturated carbocycles. The molecule has 0 radical (unpaired) electrons. The zero-order valence-electron chi connectivity index (χ0n) is 12.9. The van der Waals surface area contributed by atoms with E-state index in [0.717, 1.165) is 49.3 Å². The van der Waals surface area contributed by atoms with Gasteiger partial charge in [-0.25, -0.2) is 9.97 Å². The standard InChI is InChI=1S/C14H26N4OS/c1-5-15-12-10-13(18-14(17-12)20-4)16-8-6-7-9-19-11(2)3/h10-11H,5-9H2,1-4H3,(H2,15,16,17,18). The molecule has 0 fully saturated rings. The van der Waals surface area contributed by atoms with Gasteiger partial charge >= 0.3 is 0 Å². The second-order valence-electron chi connectivity index (χ2n) is 4.71. The maximum Gasteiger partial charge on any atom is 0.191 e. The van der Waals surface area contributed by atoms with E-state index in [2.05, 4.69) is 41.4 Å². The van der Waals surface area contributed by atoms with Crippen LogP contribution in [0.3, 0.4) is 0 Å². The number of unbranched alkanes of at least 4 members (excludes halogenated alkanes) is 1. The van der Waals surface area contributed by atoms with E-state index in [1.165, 1.54) is 0 Å². The van der Waals surface area contributed by atoms with Crippen molar-refractivity contribution in [3.8, 4) is 0 Å². The number of anilines is 2. The molecule has 5 nitrogen and oxygen atoms in total. The summed E-state index contributed by atoms with van der Waals surface area (Å²) >= 11 is 1.55. The first-order valence-corrected chi connectivity index (χ1v) is 8.40. The van der Waals surface area contributed by atoms with E-state index in [1.54, 1.807) is 11.8 Å². The van der Waals surface area contributed by atoms with Gasteiger partial charge in [0.2, 0.25) is 0 Å². The molecule has 0 atom stereocenters. The molecule has 0 unspecified atom stereocenters. The minimum Gasteiger partial charge on any atom is -0.379 e. The Bertz CT molecular complexity index is 387. The van der Waals surface area contributed by atoms with Gasteiger partial charge in [-0.15, -0.1) is 0 Å². The highest BCUT2D eigenvalue weighted by Crippen LogP contribution is 2.17. The van der Waals surface area contributed by atoms with Gasteiger partial charge in [0.25, 0.3) is 0 Å². The zero-order chi connectivity index (χ0) is 14.8. The quantitative estimate of drug-likeness (QED) is 0.393. The molecule has 0 aliphatic heterocycles. The number of ether oxygens (including phenoxy) is 1. The summed E-state index contributed by atoms with van der Waals surface area (Å²) in [4.78, 5) is 8.85. The highest BCUT2D eigenvalue weighted by molar-refractivity contribution is 7.98. The highest BCUT2D eigenvalue weighted by Gasteiger charge is 2.03. The molecule has 0 aliphatic carbocycles. The lowest BCUT2D eigenvalue weighted by Gasteiger charge is -2.10. The Hall–Kier alpha value is -1.01. The van der Waals surface area contributed by atoms with Crippen molar-refractivity contribution in [1.29, 1.82) is 0 Å². The van der Waals surface area contributed by atoms with Crippen LogP contribution >= 0.6 is 11.8 Å². The number of nitrogens with one attached hydrogen (secondary N) is 2. The third-order valence-corrected chi connectivity index (χ3v) is 3.12. The summed E-state index contributed by atoms with van der Waals surface area (Å²) in [5, 5.41) is 7.35. The highest BCUT2D eigenvalue weighted by atomic mass is 32.2. The minimum absolute atomic E-state index is 0.316. The number of thioether (sulfide) groups is 1. The van der Waals surface area contributed by atoms with Crippen molar-refractivity contribution in [2.24, 2.45) is 0 Å². The van der Waals surface area contributed by atoms with Crippen LogP contribution in [0.1, 0.15) is 33.6 Å². The van der Waals surface area contributed by atoms with Crippen molar-refractivity contribution >= 4 is 23.4 Å². The van der Waals surface area contributed by atoms with Crippen molar-refractivity contribution in [1.82, 2.24) is 9.97 Å². The van der Waals surface area contributed by atoms with E-state index in [4.69, 9.17) is 4.74 Å². The molecule has 0 aromatic carbocycles. The average molecular weight is 298 g/mol. The molecular formula is C14H26N4OS. The maximum absolute atomic E-state index is 5.51. The molecule has 20 heavy (non-hydrogen) atoms. The summed E-state index contributed by atoms with van der Waals surface area (Å²) in [6, 6.07) is 1.95. The Morgan fingerprint density at radius 2 is 1.90 bits per heavy atom. The van der Waals surface area contributed by atoms with Crippen LogP contribution in [0.4, 0.5) is 11.6 Å². The zero-order valence-corrected chi connectivity index (χ0v) is 13.7. The topological polar surface area (TPSA) is 59.1 Å². The van der Waals surface area contributed by atoms with Crippen molar-refractivity contribution in [3.05, 3.63) is 6.07 Å². The van der Waals surface area contributed by atoms with E-state index in [1.807, 2.05) is 12.3 Å². The molecule has 0 bridgehead atoms. The van der Waals surface area contributed by atoms with Crippen molar-refractivity contribution < 1.29 is 4.74 Å². The minimum atomic E-state index is 0.316. The molecule has 6 heteroatoms. The van der Waals surface area contributed by atoms with E-state index >= 15 is 0 Å². The molecule has 1 aromatic rings.